The third-order valence-electron chi connectivity index (χ3n) is 2.30. The van der Waals surface area contributed by atoms with Gasteiger partial charge in [-0.15, -0.1) is 0 Å². The molecule has 76 valence electrons. The van der Waals surface area contributed by atoms with Crippen LogP contribution in [-0.2, 0) is 4.74 Å². The van der Waals surface area contributed by atoms with Gasteiger partial charge in [0.25, 0.3) is 0 Å². The molecule has 0 amide bonds. The van der Waals surface area contributed by atoms with Crippen molar-refractivity contribution in [2.45, 2.75) is 18.9 Å². The van der Waals surface area contributed by atoms with Gasteiger partial charge >= 0.3 is 0 Å². The first-order chi connectivity index (χ1) is 6.86. The molecule has 0 aromatic heterocycles. The van der Waals surface area contributed by atoms with Crippen LogP contribution in [-0.4, -0.2) is 19.3 Å². The summed E-state index contributed by atoms with van der Waals surface area (Å²) in [6.45, 7) is 1.63. The van der Waals surface area contributed by atoms with Crippen LogP contribution in [0.3, 0.4) is 0 Å². The fourth-order valence-corrected chi connectivity index (χ4v) is 1.89. The Morgan fingerprint density at radius 2 is 1.93 bits per heavy atom. The fourth-order valence-electron chi connectivity index (χ4n) is 1.51. The summed E-state index contributed by atoms with van der Waals surface area (Å²) in [6, 6.07) is 7.95. The van der Waals surface area contributed by atoms with E-state index in [1.165, 1.54) is 0 Å². The summed E-state index contributed by atoms with van der Waals surface area (Å²) in [7, 11) is 0. The van der Waals surface area contributed by atoms with Crippen LogP contribution >= 0.6 is 15.9 Å². The van der Waals surface area contributed by atoms with Gasteiger partial charge in [0, 0.05) is 12.8 Å². The molecule has 0 aliphatic carbocycles. The molecule has 14 heavy (non-hydrogen) atoms. The Labute approximate surface area is 92.3 Å². The summed E-state index contributed by atoms with van der Waals surface area (Å²) < 4.78 is 12.2. The largest absolute Gasteiger partial charge is 0.489 e. The molecule has 1 aromatic carbocycles. The summed E-state index contributed by atoms with van der Waals surface area (Å²) in [4.78, 5) is 0. The lowest BCUT2D eigenvalue weighted by Crippen LogP contribution is -2.25. The molecule has 3 heteroatoms. The van der Waals surface area contributed by atoms with Gasteiger partial charge in [0.1, 0.15) is 11.9 Å². The Morgan fingerprint density at radius 1 is 1.21 bits per heavy atom. The molecule has 1 aromatic rings. The van der Waals surface area contributed by atoms with Crippen LogP contribution in [0.15, 0.2) is 28.7 Å². The van der Waals surface area contributed by atoms with Crippen molar-refractivity contribution >= 4 is 15.9 Å². The molecule has 0 atom stereocenters. The van der Waals surface area contributed by atoms with Crippen LogP contribution in [0.5, 0.6) is 5.75 Å². The predicted octanol–water partition coefficient (Wildman–Crippen LogP) is 3.01. The van der Waals surface area contributed by atoms with Gasteiger partial charge in [0.2, 0.25) is 0 Å². The first-order valence-corrected chi connectivity index (χ1v) is 5.64. The van der Waals surface area contributed by atoms with Gasteiger partial charge in [-0.25, -0.2) is 0 Å². The average molecular weight is 257 g/mol. The molecular weight excluding hydrogens is 244 g/mol. The zero-order chi connectivity index (χ0) is 9.80. The Morgan fingerprint density at radius 3 is 2.64 bits per heavy atom. The fraction of sp³-hybridized carbons (Fsp3) is 0.455. The van der Waals surface area contributed by atoms with Gasteiger partial charge in [-0.2, -0.15) is 0 Å². The third-order valence-corrected chi connectivity index (χ3v) is 2.95. The molecule has 0 radical (unpaired) electrons. The SMILES string of the molecule is Brc1ccccc1OC1CCOCC1. The molecule has 0 unspecified atom stereocenters. The van der Waals surface area contributed by atoms with E-state index in [4.69, 9.17) is 9.47 Å². The van der Waals surface area contributed by atoms with Gasteiger partial charge in [-0.1, -0.05) is 12.1 Å². The van der Waals surface area contributed by atoms with Crippen molar-refractivity contribution in [3.8, 4) is 5.75 Å². The normalized spacial score (nSPS) is 18.1. The molecule has 1 heterocycles. The Kier molecular flexibility index (Phi) is 3.43. The van der Waals surface area contributed by atoms with Gasteiger partial charge in [-0.05, 0) is 28.1 Å². The maximum Gasteiger partial charge on any atom is 0.133 e. The highest BCUT2D eigenvalue weighted by molar-refractivity contribution is 9.10. The van der Waals surface area contributed by atoms with E-state index in [1.807, 2.05) is 24.3 Å². The molecule has 2 rings (SSSR count). The standard InChI is InChI=1S/C11H13BrO2/c12-10-3-1-2-4-11(10)14-9-5-7-13-8-6-9/h1-4,9H,5-8H2. The number of ether oxygens (including phenoxy) is 2. The maximum absolute atomic E-state index is 5.86. The van der Waals surface area contributed by atoms with Gasteiger partial charge in [0.05, 0.1) is 17.7 Å². The van der Waals surface area contributed by atoms with Crippen molar-refractivity contribution in [2.24, 2.45) is 0 Å². The summed E-state index contributed by atoms with van der Waals surface area (Å²) >= 11 is 3.47. The number of rotatable bonds is 2. The van der Waals surface area contributed by atoms with Crippen LogP contribution in [0.2, 0.25) is 0 Å². The lowest BCUT2D eigenvalue weighted by Gasteiger charge is -2.23. The zero-order valence-corrected chi connectivity index (χ0v) is 9.50. The molecule has 1 saturated heterocycles. The van der Waals surface area contributed by atoms with E-state index in [-0.39, 0.29) is 0 Å². The van der Waals surface area contributed by atoms with E-state index in [0.29, 0.717) is 6.10 Å². The minimum atomic E-state index is 0.308. The first kappa shape index (κ1) is 9.99. The van der Waals surface area contributed by atoms with Crippen molar-refractivity contribution < 1.29 is 9.47 Å². The number of hydrogen-bond donors (Lipinski definition) is 0. The van der Waals surface area contributed by atoms with Crippen molar-refractivity contribution in [1.29, 1.82) is 0 Å². The molecular formula is C11H13BrO2. The van der Waals surface area contributed by atoms with E-state index >= 15 is 0 Å². The monoisotopic (exact) mass is 256 g/mol. The summed E-state index contributed by atoms with van der Waals surface area (Å²) in [6.07, 6.45) is 2.28. The van der Waals surface area contributed by atoms with E-state index in [1.54, 1.807) is 0 Å². The number of hydrogen-bond acceptors (Lipinski definition) is 2. The van der Waals surface area contributed by atoms with Crippen LogP contribution < -0.4 is 4.74 Å². The van der Waals surface area contributed by atoms with Gasteiger partial charge in [-0.3, -0.25) is 0 Å². The Balaban J connectivity index is 1.99. The summed E-state index contributed by atoms with van der Waals surface area (Å²) in [5.74, 6) is 0.930. The maximum atomic E-state index is 5.86. The molecule has 0 N–H and O–H groups in total. The van der Waals surface area contributed by atoms with Crippen LogP contribution in [0.1, 0.15) is 12.8 Å². The highest BCUT2D eigenvalue weighted by Gasteiger charge is 2.15. The average Bonchev–Trinajstić information content (AvgIpc) is 2.23. The summed E-state index contributed by atoms with van der Waals surface area (Å²) in [5, 5.41) is 0. The number of halogens is 1. The highest BCUT2D eigenvalue weighted by atomic mass is 79.9. The first-order valence-electron chi connectivity index (χ1n) is 4.85. The number of benzene rings is 1. The topological polar surface area (TPSA) is 18.5 Å². The minimum absolute atomic E-state index is 0.308. The van der Waals surface area contributed by atoms with Crippen LogP contribution in [0, 0.1) is 0 Å². The quantitative estimate of drug-likeness (QED) is 0.810. The van der Waals surface area contributed by atoms with E-state index in [0.717, 1.165) is 36.3 Å². The summed E-state index contributed by atoms with van der Waals surface area (Å²) in [5.41, 5.74) is 0. The number of para-hydroxylation sites is 1. The van der Waals surface area contributed by atoms with E-state index in [2.05, 4.69) is 15.9 Å². The van der Waals surface area contributed by atoms with Gasteiger partial charge < -0.3 is 9.47 Å². The van der Waals surface area contributed by atoms with Crippen molar-refractivity contribution in [3.05, 3.63) is 28.7 Å². The van der Waals surface area contributed by atoms with Gasteiger partial charge in [0.15, 0.2) is 0 Å². The second-order valence-electron chi connectivity index (χ2n) is 3.36. The minimum Gasteiger partial charge on any atom is -0.489 e. The molecule has 0 saturated carbocycles. The Bertz CT molecular complexity index is 295. The van der Waals surface area contributed by atoms with Crippen molar-refractivity contribution in [1.82, 2.24) is 0 Å². The molecule has 1 aliphatic rings. The second kappa shape index (κ2) is 4.80. The molecule has 0 bridgehead atoms. The van der Waals surface area contributed by atoms with E-state index in [9.17, 15) is 0 Å². The molecule has 0 spiro atoms. The van der Waals surface area contributed by atoms with Crippen molar-refractivity contribution in [3.63, 3.8) is 0 Å². The third kappa shape index (κ3) is 2.49. The second-order valence-corrected chi connectivity index (χ2v) is 4.21. The molecule has 2 nitrogen and oxygen atoms in total. The smallest absolute Gasteiger partial charge is 0.133 e. The lowest BCUT2D eigenvalue weighted by atomic mass is 10.1. The predicted molar refractivity (Wildman–Crippen MR) is 58.6 cm³/mol. The molecule has 1 fully saturated rings. The Hall–Kier alpha value is -0.540. The van der Waals surface area contributed by atoms with Crippen LogP contribution in [0.25, 0.3) is 0 Å². The lowest BCUT2D eigenvalue weighted by molar-refractivity contribution is 0.0253. The zero-order valence-electron chi connectivity index (χ0n) is 7.91. The highest BCUT2D eigenvalue weighted by Crippen LogP contribution is 2.26. The van der Waals surface area contributed by atoms with E-state index < -0.39 is 0 Å². The van der Waals surface area contributed by atoms with Crippen molar-refractivity contribution in [2.75, 3.05) is 13.2 Å². The molecule has 1 aliphatic heterocycles. The van der Waals surface area contributed by atoms with Crippen LogP contribution in [0.4, 0.5) is 0 Å².